The predicted molar refractivity (Wildman–Crippen MR) is 85.5 cm³/mol. The minimum absolute atomic E-state index is 0.139. The van der Waals surface area contributed by atoms with Crippen molar-refractivity contribution in [1.82, 2.24) is 9.38 Å². The molecule has 2 heterocycles. The molecule has 0 aliphatic carbocycles. The number of nitrogens with one attached hydrogen (secondary N) is 1. The number of hydrogen-bond acceptors (Lipinski definition) is 5. The molecule has 0 aliphatic rings. The average Bonchev–Trinajstić information content (AvgIpc) is 2.90. The molecule has 0 atom stereocenters. The molecule has 9 heteroatoms. The van der Waals surface area contributed by atoms with Gasteiger partial charge >= 0.3 is 0 Å². The number of imidazole rings is 1. The number of aliphatic hydroxyl groups excluding tert-OH is 1. The van der Waals surface area contributed by atoms with E-state index < -0.39 is 21.6 Å². The first-order valence-corrected chi connectivity index (χ1v) is 8.33. The number of aliphatic hydroxyl groups is 1. The first-order chi connectivity index (χ1) is 11.2. The van der Waals surface area contributed by atoms with Crippen molar-refractivity contribution in [2.45, 2.75) is 25.3 Å². The molecule has 0 fully saturated rings. The number of fused-ring (bicyclic) bond motifs is 3. The fourth-order valence-corrected chi connectivity index (χ4v) is 3.35. The molecular weight excluding hydrogens is 334 g/mol. The van der Waals surface area contributed by atoms with Crippen molar-refractivity contribution in [3.8, 4) is 6.07 Å². The molecule has 3 aromatic rings. The van der Waals surface area contributed by atoms with Crippen molar-refractivity contribution >= 4 is 26.8 Å². The highest BCUT2D eigenvalue weighted by Crippen LogP contribution is 2.26. The molecular formula is C15H13N3O5S. The van der Waals surface area contributed by atoms with Crippen molar-refractivity contribution in [1.29, 1.82) is 5.26 Å². The summed E-state index contributed by atoms with van der Waals surface area (Å²) in [4.78, 5) is 15.1. The van der Waals surface area contributed by atoms with Gasteiger partial charge in [-0.05, 0) is 31.5 Å². The smallest absolute Gasteiger partial charge is 0.294 e. The Balaban J connectivity index is 2.67. The maximum absolute atomic E-state index is 12.6. The second-order valence-electron chi connectivity index (χ2n) is 5.46. The average molecular weight is 347 g/mol. The number of aromatic nitrogens is 2. The summed E-state index contributed by atoms with van der Waals surface area (Å²) in [5.41, 5.74) is 1.62. The van der Waals surface area contributed by atoms with E-state index in [1.54, 1.807) is 13.8 Å². The van der Waals surface area contributed by atoms with Crippen LogP contribution >= 0.6 is 0 Å². The van der Waals surface area contributed by atoms with Gasteiger partial charge in [0, 0.05) is 11.1 Å². The van der Waals surface area contributed by atoms with E-state index in [4.69, 9.17) is 0 Å². The lowest BCUT2D eigenvalue weighted by Gasteiger charge is -2.07. The van der Waals surface area contributed by atoms with Crippen molar-refractivity contribution in [2.75, 3.05) is 0 Å². The SMILES string of the molecule is Cc1c(C)c(=O)n2c([nH]c3cc(S(=O)(=O)O)cc(CO)c32)c1C#N. The lowest BCUT2D eigenvalue weighted by molar-refractivity contribution is 0.283. The topological polar surface area (TPSA) is 136 Å². The highest BCUT2D eigenvalue weighted by Gasteiger charge is 2.21. The van der Waals surface area contributed by atoms with E-state index in [9.17, 15) is 28.1 Å². The predicted octanol–water partition coefficient (Wildman–Crippen LogP) is 1.01. The zero-order chi connectivity index (χ0) is 17.8. The maximum Gasteiger partial charge on any atom is 0.294 e. The van der Waals surface area contributed by atoms with E-state index in [1.165, 1.54) is 4.40 Å². The van der Waals surface area contributed by atoms with Gasteiger partial charge in [0.2, 0.25) is 0 Å². The number of aromatic amines is 1. The van der Waals surface area contributed by atoms with Crippen LogP contribution in [0.25, 0.3) is 16.7 Å². The molecule has 0 unspecified atom stereocenters. The summed E-state index contributed by atoms with van der Waals surface area (Å²) >= 11 is 0. The molecule has 0 amide bonds. The van der Waals surface area contributed by atoms with Gasteiger partial charge in [-0.25, -0.2) is 0 Å². The monoisotopic (exact) mass is 347 g/mol. The lowest BCUT2D eigenvalue weighted by Crippen LogP contribution is -2.19. The molecule has 8 nitrogen and oxygen atoms in total. The third kappa shape index (κ3) is 2.12. The van der Waals surface area contributed by atoms with E-state index in [0.29, 0.717) is 11.1 Å². The summed E-state index contributed by atoms with van der Waals surface area (Å²) in [5, 5.41) is 19.0. The number of rotatable bonds is 2. The fourth-order valence-electron chi connectivity index (χ4n) is 2.80. The zero-order valence-electron chi connectivity index (χ0n) is 12.8. The van der Waals surface area contributed by atoms with Gasteiger partial charge < -0.3 is 10.1 Å². The van der Waals surface area contributed by atoms with Crippen molar-refractivity contribution in [2.24, 2.45) is 0 Å². The zero-order valence-corrected chi connectivity index (χ0v) is 13.6. The fraction of sp³-hybridized carbons (Fsp3) is 0.200. The van der Waals surface area contributed by atoms with E-state index in [-0.39, 0.29) is 33.4 Å². The van der Waals surface area contributed by atoms with Gasteiger partial charge in [0.25, 0.3) is 15.7 Å². The Morgan fingerprint density at radius 2 is 1.96 bits per heavy atom. The Kier molecular flexibility index (Phi) is 3.49. The molecule has 0 spiro atoms. The van der Waals surface area contributed by atoms with E-state index in [1.807, 2.05) is 6.07 Å². The Morgan fingerprint density at radius 1 is 1.29 bits per heavy atom. The van der Waals surface area contributed by atoms with Gasteiger partial charge in [0.1, 0.15) is 11.7 Å². The summed E-state index contributed by atoms with van der Waals surface area (Å²) in [6.07, 6.45) is 0. The number of nitrogens with zero attached hydrogens (tertiary/aromatic N) is 2. The van der Waals surface area contributed by atoms with Crippen LogP contribution in [0, 0.1) is 25.2 Å². The molecule has 2 aromatic heterocycles. The van der Waals surface area contributed by atoms with Gasteiger partial charge in [0.05, 0.1) is 28.1 Å². The van der Waals surface area contributed by atoms with Crippen LogP contribution < -0.4 is 5.56 Å². The number of nitriles is 1. The normalized spacial score (nSPS) is 12.0. The van der Waals surface area contributed by atoms with Crippen LogP contribution in [0.1, 0.15) is 22.3 Å². The molecule has 0 saturated carbocycles. The van der Waals surface area contributed by atoms with Crippen LogP contribution in [0.4, 0.5) is 0 Å². The molecule has 124 valence electrons. The largest absolute Gasteiger partial charge is 0.392 e. The van der Waals surface area contributed by atoms with E-state index >= 15 is 0 Å². The molecule has 24 heavy (non-hydrogen) atoms. The highest BCUT2D eigenvalue weighted by molar-refractivity contribution is 7.85. The van der Waals surface area contributed by atoms with E-state index in [2.05, 4.69) is 4.98 Å². The summed E-state index contributed by atoms with van der Waals surface area (Å²) in [7, 11) is -4.49. The highest BCUT2D eigenvalue weighted by atomic mass is 32.2. The molecule has 0 aliphatic heterocycles. The lowest BCUT2D eigenvalue weighted by atomic mass is 10.1. The van der Waals surface area contributed by atoms with Gasteiger partial charge in [-0.3, -0.25) is 13.7 Å². The first kappa shape index (κ1) is 16.2. The number of pyridine rings is 1. The molecule has 3 N–H and O–H groups in total. The Hall–Kier alpha value is -2.67. The number of hydrogen-bond donors (Lipinski definition) is 3. The maximum atomic E-state index is 12.6. The molecule has 3 rings (SSSR count). The van der Waals surface area contributed by atoms with Crippen molar-refractivity contribution < 1.29 is 18.1 Å². The van der Waals surface area contributed by atoms with Crippen LogP contribution in [-0.4, -0.2) is 27.5 Å². The second-order valence-corrected chi connectivity index (χ2v) is 6.88. The third-order valence-corrected chi connectivity index (χ3v) is 4.97. The summed E-state index contributed by atoms with van der Waals surface area (Å²) in [6.45, 7) is 2.69. The quantitative estimate of drug-likeness (QED) is 0.592. The minimum Gasteiger partial charge on any atom is -0.392 e. The minimum atomic E-state index is -4.49. The Morgan fingerprint density at radius 3 is 2.50 bits per heavy atom. The second kappa shape index (κ2) is 5.17. The van der Waals surface area contributed by atoms with Crippen LogP contribution in [-0.2, 0) is 16.7 Å². The van der Waals surface area contributed by atoms with Gasteiger partial charge in [-0.1, -0.05) is 0 Å². The Labute approximate surface area is 136 Å². The van der Waals surface area contributed by atoms with Crippen LogP contribution in [0.2, 0.25) is 0 Å². The molecule has 1 aromatic carbocycles. The van der Waals surface area contributed by atoms with Gasteiger partial charge in [0.15, 0.2) is 0 Å². The van der Waals surface area contributed by atoms with Crippen LogP contribution in [0.5, 0.6) is 0 Å². The standard InChI is InChI=1S/C15H13N3O5S/c1-7-8(2)15(20)18-13-9(6-19)3-10(24(21,22)23)4-12(13)17-14(18)11(7)5-16/h3-4,17,19H,6H2,1-2H3,(H,21,22,23). The van der Waals surface area contributed by atoms with E-state index in [0.717, 1.165) is 12.1 Å². The van der Waals surface area contributed by atoms with Crippen molar-refractivity contribution in [3.05, 3.63) is 44.7 Å². The summed E-state index contributed by atoms with van der Waals surface area (Å²) in [6, 6.07) is 4.28. The molecule has 0 radical (unpaired) electrons. The Bertz CT molecular complexity index is 1210. The van der Waals surface area contributed by atoms with Crippen LogP contribution in [0.15, 0.2) is 21.8 Å². The summed E-state index contributed by atoms with van der Waals surface area (Å²) < 4.78 is 33.3. The molecule has 0 saturated heterocycles. The van der Waals surface area contributed by atoms with Gasteiger partial charge in [-0.2, -0.15) is 13.7 Å². The number of H-pyrrole nitrogens is 1. The third-order valence-electron chi connectivity index (χ3n) is 4.14. The van der Waals surface area contributed by atoms with Gasteiger partial charge in [-0.15, -0.1) is 0 Å². The summed E-state index contributed by atoms with van der Waals surface area (Å²) in [5.74, 6) is 0. The first-order valence-electron chi connectivity index (χ1n) is 6.89. The molecule has 0 bridgehead atoms. The van der Waals surface area contributed by atoms with Crippen molar-refractivity contribution in [3.63, 3.8) is 0 Å². The number of benzene rings is 1. The van der Waals surface area contributed by atoms with Crippen LogP contribution in [0.3, 0.4) is 0 Å².